The Morgan fingerprint density at radius 1 is 1.56 bits per heavy atom. The van der Waals surface area contributed by atoms with Crippen molar-refractivity contribution in [2.24, 2.45) is 0 Å². The molecule has 1 aliphatic heterocycles. The zero-order valence-electron chi connectivity index (χ0n) is 8.37. The Morgan fingerprint density at radius 3 is 2.88 bits per heavy atom. The van der Waals surface area contributed by atoms with Crippen LogP contribution in [0.2, 0.25) is 5.02 Å². The fraction of sp³-hybridized carbons (Fsp3) is 0.364. The fourth-order valence-electron chi connectivity index (χ4n) is 1.93. The van der Waals surface area contributed by atoms with Crippen molar-refractivity contribution in [2.45, 2.75) is 11.8 Å². The van der Waals surface area contributed by atoms with Gasteiger partial charge in [-0.15, -0.1) is 0 Å². The van der Waals surface area contributed by atoms with Crippen molar-refractivity contribution in [2.75, 3.05) is 13.2 Å². The summed E-state index contributed by atoms with van der Waals surface area (Å²) in [7, 11) is 0. The molecule has 0 bridgehead atoms. The van der Waals surface area contributed by atoms with Crippen molar-refractivity contribution in [1.29, 1.82) is 0 Å². The molecule has 0 spiro atoms. The van der Waals surface area contributed by atoms with Crippen molar-refractivity contribution in [1.82, 2.24) is 0 Å². The topological polar surface area (TPSA) is 46.5 Å². The fourth-order valence-corrected chi connectivity index (χ4v) is 2.22. The van der Waals surface area contributed by atoms with Gasteiger partial charge in [0.15, 0.2) is 0 Å². The zero-order valence-corrected chi connectivity index (χ0v) is 9.13. The summed E-state index contributed by atoms with van der Waals surface area (Å²) in [6, 6.07) is 3.75. The molecule has 0 aliphatic carbocycles. The molecule has 1 saturated heterocycles. The van der Waals surface area contributed by atoms with E-state index >= 15 is 0 Å². The maximum absolute atomic E-state index is 13.1. The molecule has 0 amide bonds. The van der Waals surface area contributed by atoms with Gasteiger partial charge in [0.25, 0.3) is 0 Å². The molecule has 1 atom stereocenters. The van der Waals surface area contributed by atoms with E-state index in [2.05, 4.69) is 0 Å². The van der Waals surface area contributed by atoms with Crippen molar-refractivity contribution in [3.05, 3.63) is 34.6 Å². The van der Waals surface area contributed by atoms with E-state index in [0.717, 1.165) is 0 Å². The first kappa shape index (κ1) is 11.4. The number of aliphatic carboxylic acids is 1. The molecule has 86 valence electrons. The molecule has 0 saturated carbocycles. The van der Waals surface area contributed by atoms with Gasteiger partial charge in [0.2, 0.25) is 0 Å². The molecular weight excluding hydrogens is 235 g/mol. The number of hydrogen-bond acceptors (Lipinski definition) is 2. The van der Waals surface area contributed by atoms with Gasteiger partial charge < -0.3 is 9.84 Å². The molecule has 2 rings (SSSR count). The minimum absolute atomic E-state index is 0.0332. The normalized spacial score (nSPS) is 24.6. The highest BCUT2D eigenvalue weighted by atomic mass is 35.5. The van der Waals surface area contributed by atoms with Crippen LogP contribution in [0.15, 0.2) is 18.2 Å². The summed E-state index contributed by atoms with van der Waals surface area (Å²) in [6.07, 6.45) is 0.311. The second-order valence-corrected chi connectivity index (χ2v) is 4.22. The number of carbonyl (C=O) groups is 1. The highest BCUT2D eigenvalue weighted by molar-refractivity contribution is 6.31. The Balaban J connectivity index is 2.55. The predicted molar refractivity (Wildman–Crippen MR) is 56.2 cm³/mol. The van der Waals surface area contributed by atoms with Crippen LogP contribution in [0.4, 0.5) is 4.39 Å². The molecular formula is C11H10ClFO3. The zero-order chi connectivity index (χ0) is 11.8. The van der Waals surface area contributed by atoms with Gasteiger partial charge >= 0.3 is 5.97 Å². The number of carboxylic acid groups (broad SMARTS) is 1. The smallest absolute Gasteiger partial charge is 0.316 e. The van der Waals surface area contributed by atoms with Crippen LogP contribution in [0.25, 0.3) is 0 Å². The number of carboxylic acids is 1. The number of ether oxygens (including phenoxy) is 1. The third-order valence-electron chi connectivity index (χ3n) is 2.87. The predicted octanol–water partition coefficient (Wildman–Crippen LogP) is 2.22. The van der Waals surface area contributed by atoms with E-state index in [1.54, 1.807) is 0 Å². The van der Waals surface area contributed by atoms with E-state index in [9.17, 15) is 14.3 Å². The van der Waals surface area contributed by atoms with E-state index in [1.165, 1.54) is 18.2 Å². The summed E-state index contributed by atoms with van der Waals surface area (Å²) >= 11 is 5.92. The van der Waals surface area contributed by atoms with E-state index in [0.29, 0.717) is 18.6 Å². The van der Waals surface area contributed by atoms with Gasteiger partial charge in [0, 0.05) is 11.6 Å². The summed E-state index contributed by atoms with van der Waals surface area (Å²) < 4.78 is 18.3. The quantitative estimate of drug-likeness (QED) is 0.868. The molecule has 1 fully saturated rings. The van der Waals surface area contributed by atoms with Crippen LogP contribution < -0.4 is 0 Å². The lowest BCUT2D eigenvalue weighted by Gasteiger charge is -2.23. The highest BCUT2D eigenvalue weighted by Crippen LogP contribution is 2.37. The van der Waals surface area contributed by atoms with Crippen LogP contribution in [0, 0.1) is 5.82 Å². The second-order valence-electron chi connectivity index (χ2n) is 3.81. The lowest BCUT2D eigenvalue weighted by atomic mass is 9.80. The highest BCUT2D eigenvalue weighted by Gasteiger charge is 2.45. The number of hydrogen-bond donors (Lipinski definition) is 1. The first-order valence-corrected chi connectivity index (χ1v) is 5.21. The number of benzene rings is 1. The van der Waals surface area contributed by atoms with Crippen LogP contribution in [-0.4, -0.2) is 24.3 Å². The molecule has 1 aromatic rings. The molecule has 3 nitrogen and oxygen atoms in total. The molecule has 1 aliphatic rings. The minimum atomic E-state index is -1.21. The molecule has 1 unspecified atom stereocenters. The number of rotatable bonds is 2. The molecule has 1 N–H and O–H groups in total. The first-order valence-electron chi connectivity index (χ1n) is 4.83. The van der Waals surface area contributed by atoms with Crippen LogP contribution in [-0.2, 0) is 14.9 Å². The summed E-state index contributed by atoms with van der Waals surface area (Å²) in [5, 5.41) is 9.53. The van der Waals surface area contributed by atoms with Gasteiger partial charge in [-0.1, -0.05) is 11.6 Å². The maximum Gasteiger partial charge on any atom is 0.316 e. The Hall–Kier alpha value is -1.13. The average molecular weight is 245 g/mol. The Bertz CT molecular complexity index is 427. The average Bonchev–Trinajstić information content (AvgIpc) is 2.71. The largest absolute Gasteiger partial charge is 0.481 e. The molecule has 0 radical (unpaired) electrons. The van der Waals surface area contributed by atoms with Crippen LogP contribution in [0.3, 0.4) is 0 Å². The van der Waals surface area contributed by atoms with E-state index in [-0.39, 0.29) is 11.6 Å². The summed E-state index contributed by atoms with van der Waals surface area (Å²) in [5.41, 5.74) is -0.918. The third kappa shape index (κ3) is 1.68. The number of halogens is 2. The molecule has 5 heteroatoms. The molecule has 1 heterocycles. The molecule has 0 aromatic heterocycles. The van der Waals surface area contributed by atoms with Gasteiger partial charge in [-0.05, 0) is 30.2 Å². The van der Waals surface area contributed by atoms with Gasteiger partial charge in [-0.2, -0.15) is 0 Å². The Kier molecular flexibility index (Phi) is 2.86. The Morgan fingerprint density at radius 2 is 2.31 bits per heavy atom. The standard InChI is InChI=1S/C11H10ClFO3/c12-9-2-1-7(13)5-8(9)11(10(14)15)3-4-16-6-11/h1-2,5H,3-4,6H2,(H,14,15). The molecule has 1 aromatic carbocycles. The van der Waals surface area contributed by atoms with Gasteiger partial charge in [0.05, 0.1) is 6.61 Å². The van der Waals surface area contributed by atoms with Crippen molar-refractivity contribution in [3.8, 4) is 0 Å². The van der Waals surface area contributed by atoms with Gasteiger partial charge in [-0.25, -0.2) is 4.39 Å². The Labute approximate surface area is 96.8 Å². The van der Waals surface area contributed by atoms with Crippen molar-refractivity contribution in [3.63, 3.8) is 0 Å². The molecule has 16 heavy (non-hydrogen) atoms. The summed E-state index contributed by atoms with van der Waals surface area (Å²) in [4.78, 5) is 11.3. The van der Waals surface area contributed by atoms with Crippen LogP contribution >= 0.6 is 11.6 Å². The monoisotopic (exact) mass is 244 g/mol. The van der Waals surface area contributed by atoms with Gasteiger partial charge in [0.1, 0.15) is 11.2 Å². The maximum atomic E-state index is 13.1. The van der Waals surface area contributed by atoms with Crippen LogP contribution in [0.5, 0.6) is 0 Å². The lowest BCUT2D eigenvalue weighted by Crippen LogP contribution is -2.36. The van der Waals surface area contributed by atoms with Crippen molar-refractivity contribution < 1.29 is 19.0 Å². The first-order chi connectivity index (χ1) is 7.56. The van der Waals surface area contributed by atoms with E-state index in [4.69, 9.17) is 16.3 Å². The second kappa shape index (κ2) is 4.03. The SMILES string of the molecule is O=C(O)C1(c2cc(F)ccc2Cl)CCOC1. The minimum Gasteiger partial charge on any atom is -0.481 e. The van der Waals surface area contributed by atoms with E-state index in [1.807, 2.05) is 0 Å². The van der Waals surface area contributed by atoms with Gasteiger partial charge in [-0.3, -0.25) is 4.79 Å². The third-order valence-corrected chi connectivity index (χ3v) is 3.20. The van der Waals surface area contributed by atoms with Crippen molar-refractivity contribution >= 4 is 17.6 Å². The summed E-state index contributed by atoms with van der Waals surface area (Å²) in [5.74, 6) is -1.52. The van der Waals surface area contributed by atoms with Crippen LogP contribution in [0.1, 0.15) is 12.0 Å². The van der Waals surface area contributed by atoms with E-state index < -0.39 is 17.2 Å². The summed E-state index contributed by atoms with van der Waals surface area (Å²) in [6.45, 7) is 0.380. The lowest BCUT2D eigenvalue weighted by molar-refractivity contribution is -0.143.